The van der Waals surface area contributed by atoms with E-state index in [1.165, 1.54) is 6.07 Å². The molecule has 106 valence electrons. The number of nitrogens with one attached hydrogen (secondary N) is 1. The zero-order valence-corrected chi connectivity index (χ0v) is 11.8. The summed E-state index contributed by atoms with van der Waals surface area (Å²) in [6.07, 6.45) is 1.68. The molecule has 1 heterocycles. The molecule has 1 aliphatic rings. The van der Waals surface area contributed by atoms with Crippen LogP contribution in [0.15, 0.2) is 12.1 Å². The first-order valence-corrected chi connectivity index (χ1v) is 7.11. The Hall–Kier alpha value is -0.710. The van der Waals surface area contributed by atoms with E-state index in [1.807, 2.05) is 6.92 Å². The predicted octanol–water partition coefficient (Wildman–Crippen LogP) is 3.36. The molecule has 1 atom stereocenters. The molecule has 2 rings (SSSR count). The van der Waals surface area contributed by atoms with Gasteiger partial charge < -0.3 is 5.32 Å². The van der Waals surface area contributed by atoms with E-state index in [-0.39, 0.29) is 11.1 Å². The van der Waals surface area contributed by atoms with Crippen molar-refractivity contribution in [3.63, 3.8) is 0 Å². The molecule has 1 saturated heterocycles. The molecule has 0 bridgehead atoms. The maximum atomic E-state index is 14.1. The lowest BCUT2D eigenvalue weighted by Crippen LogP contribution is -2.45. The second-order valence-electron chi connectivity index (χ2n) is 4.85. The lowest BCUT2D eigenvalue weighted by Gasteiger charge is -2.35. The number of rotatable bonds is 4. The Bertz CT molecular complexity index is 434. The van der Waals surface area contributed by atoms with Crippen molar-refractivity contribution < 1.29 is 8.78 Å². The lowest BCUT2D eigenvalue weighted by molar-refractivity contribution is 0.161. The average Bonchev–Trinajstić information content (AvgIpc) is 2.43. The highest BCUT2D eigenvalue weighted by atomic mass is 35.5. The Morgan fingerprint density at radius 1 is 1.26 bits per heavy atom. The number of hydrogen-bond donors (Lipinski definition) is 1. The minimum atomic E-state index is -0.547. The van der Waals surface area contributed by atoms with Gasteiger partial charge in [0.1, 0.15) is 11.6 Å². The smallest absolute Gasteiger partial charge is 0.142 e. The maximum Gasteiger partial charge on any atom is 0.142 e. The molecule has 1 aliphatic heterocycles. The van der Waals surface area contributed by atoms with Gasteiger partial charge in [-0.1, -0.05) is 24.9 Å². The second kappa shape index (κ2) is 6.64. The molecule has 1 aromatic carbocycles. The Labute approximate surface area is 117 Å². The van der Waals surface area contributed by atoms with Crippen LogP contribution in [0.1, 0.15) is 31.4 Å². The summed E-state index contributed by atoms with van der Waals surface area (Å²) in [4.78, 5) is 2.18. The van der Waals surface area contributed by atoms with Crippen molar-refractivity contribution in [3.8, 4) is 0 Å². The number of hydrogen-bond acceptors (Lipinski definition) is 2. The molecule has 2 nitrogen and oxygen atoms in total. The number of halogens is 3. The summed E-state index contributed by atoms with van der Waals surface area (Å²) >= 11 is 5.99. The molecule has 0 saturated carbocycles. The largest absolute Gasteiger partial charge is 0.314 e. The highest BCUT2D eigenvalue weighted by molar-refractivity contribution is 6.31. The van der Waals surface area contributed by atoms with Crippen LogP contribution in [0.3, 0.4) is 0 Å². The van der Waals surface area contributed by atoms with Gasteiger partial charge in [-0.05, 0) is 18.6 Å². The molecule has 0 unspecified atom stereocenters. The highest BCUT2D eigenvalue weighted by Gasteiger charge is 2.27. The van der Waals surface area contributed by atoms with Crippen molar-refractivity contribution in [2.45, 2.75) is 25.8 Å². The first-order valence-electron chi connectivity index (χ1n) is 6.73. The number of nitrogens with zero attached hydrogens (tertiary/aromatic N) is 1. The van der Waals surface area contributed by atoms with Crippen LogP contribution in [-0.2, 0) is 0 Å². The molecule has 19 heavy (non-hydrogen) atoms. The number of benzene rings is 1. The average molecular weight is 289 g/mol. The van der Waals surface area contributed by atoms with Crippen molar-refractivity contribution in [3.05, 3.63) is 34.4 Å². The van der Waals surface area contributed by atoms with Crippen molar-refractivity contribution in [1.29, 1.82) is 0 Å². The topological polar surface area (TPSA) is 15.3 Å². The SMILES string of the molecule is CCC[C@H](c1c(F)ccc(F)c1Cl)N1CCNCC1. The second-order valence-corrected chi connectivity index (χ2v) is 5.23. The minimum absolute atomic E-state index is 0.0722. The standard InChI is InChI=1S/C14H19ClF2N2/c1-2-3-12(19-8-6-18-7-9-19)13-10(16)4-5-11(17)14(13)15/h4-5,12,18H,2-3,6-9H2,1H3/t12-/m1/s1. The zero-order chi connectivity index (χ0) is 13.8. The monoisotopic (exact) mass is 288 g/mol. The lowest BCUT2D eigenvalue weighted by atomic mass is 9.99. The zero-order valence-electron chi connectivity index (χ0n) is 11.1. The van der Waals surface area contributed by atoms with Gasteiger partial charge >= 0.3 is 0 Å². The molecule has 5 heteroatoms. The molecule has 1 N–H and O–H groups in total. The Morgan fingerprint density at radius 3 is 2.53 bits per heavy atom. The minimum Gasteiger partial charge on any atom is -0.314 e. The molecule has 0 amide bonds. The van der Waals surface area contributed by atoms with E-state index >= 15 is 0 Å². The molecular formula is C14H19ClF2N2. The fourth-order valence-electron chi connectivity index (χ4n) is 2.62. The predicted molar refractivity (Wildman–Crippen MR) is 73.5 cm³/mol. The molecule has 1 aromatic rings. The first-order chi connectivity index (χ1) is 9.15. The summed E-state index contributed by atoms with van der Waals surface area (Å²) in [6.45, 7) is 5.44. The van der Waals surface area contributed by atoms with Gasteiger partial charge in [-0.2, -0.15) is 0 Å². The Morgan fingerprint density at radius 2 is 1.89 bits per heavy atom. The maximum absolute atomic E-state index is 14.1. The van der Waals surface area contributed by atoms with Crippen molar-refractivity contribution in [2.75, 3.05) is 26.2 Å². The van der Waals surface area contributed by atoms with Crippen LogP contribution in [0.5, 0.6) is 0 Å². The summed E-state index contributed by atoms with van der Waals surface area (Å²) < 4.78 is 27.7. The molecule has 0 radical (unpaired) electrons. The third kappa shape index (κ3) is 3.25. The van der Waals surface area contributed by atoms with E-state index in [0.29, 0.717) is 5.56 Å². The van der Waals surface area contributed by atoms with Gasteiger partial charge in [-0.15, -0.1) is 0 Å². The van der Waals surface area contributed by atoms with Crippen LogP contribution in [0, 0.1) is 11.6 Å². The summed E-state index contributed by atoms with van der Waals surface area (Å²) in [5.74, 6) is -0.960. The highest BCUT2D eigenvalue weighted by Crippen LogP contribution is 2.34. The van der Waals surface area contributed by atoms with Crippen LogP contribution in [0.2, 0.25) is 5.02 Å². The van der Waals surface area contributed by atoms with Crippen LogP contribution in [0.4, 0.5) is 8.78 Å². The van der Waals surface area contributed by atoms with Gasteiger partial charge in [0, 0.05) is 37.8 Å². The Balaban J connectivity index is 2.35. The first kappa shape index (κ1) is 14.7. The van der Waals surface area contributed by atoms with Crippen molar-refractivity contribution >= 4 is 11.6 Å². The van der Waals surface area contributed by atoms with Crippen LogP contribution in [-0.4, -0.2) is 31.1 Å². The van der Waals surface area contributed by atoms with Gasteiger partial charge in [-0.25, -0.2) is 8.78 Å². The molecule has 0 aliphatic carbocycles. The number of piperazine rings is 1. The van der Waals surface area contributed by atoms with Crippen molar-refractivity contribution in [1.82, 2.24) is 10.2 Å². The summed E-state index contributed by atoms with van der Waals surface area (Å²) in [5, 5.41) is 3.19. The fraction of sp³-hybridized carbons (Fsp3) is 0.571. The quantitative estimate of drug-likeness (QED) is 0.855. The summed E-state index contributed by atoms with van der Waals surface area (Å²) in [5.41, 5.74) is 0.311. The van der Waals surface area contributed by atoms with E-state index in [1.54, 1.807) is 0 Å². The van der Waals surface area contributed by atoms with Gasteiger partial charge in [0.15, 0.2) is 0 Å². The molecular weight excluding hydrogens is 270 g/mol. The molecule has 1 fully saturated rings. The van der Waals surface area contributed by atoms with Crippen molar-refractivity contribution in [2.24, 2.45) is 0 Å². The molecule has 0 spiro atoms. The summed E-state index contributed by atoms with van der Waals surface area (Å²) in [6, 6.07) is 2.11. The van der Waals surface area contributed by atoms with Gasteiger partial charge in [0.2, 0.25) is 0 Å². The van der Waals surface area contributed by atoms with Crippen LogP contribution in [0.25, 0.3) is 0 Å². The van der Waals surface area contributed by atoms with Gasteiger partial charge in [-0.3, -0.25) is 4.90 Å². The molecule has 0 aromatic heterocycles. The van der Waals surface area contributed by atoms with E-state index in [4.69, 9.17) is 11.6 Å². The van der Waals surface area contributed by atoms with Crippen LogP contribution >= 0.6 is 11.6 Å². The normalized spacial score (nSPS) is 18.5. The van der Waals surface area contributed by atoms with Crippen LogP contribution < -0.4 is 5.32 Å². The van der Waals surface area contributed by atoms with E-state index < -0.39 is 11.6 Å². The summed E-state index contributed by atoms with van der Waals surface area (Å²) in [7, 11) is 0. The Kier molecular flexibility index (Phi) is 5.13. The van der Waals surface area contributed by atoms with Gasteiger partial charge in [0.05, 0.1) is 5.02 Å². The van der Waals surface area contributed by atoms with E-state index in [9.17, 15) is 8.78 Å². The van der Waals surface area contributed by atoms with E-state index in [0.717, 1.165) is 45.1 Å². The third-order valence-electron chi connectivity index (χ3n) is 3.57. The fourth-order valence-corrected chi connectivity index (χ4v) is 2.90. The van der Waals surface area contributed by atoms with E-state index in [2.05, 4.69) is 10.2 Å². The third-order valence-corrected chi connectivity index (χ3v) is 3.95. The van der Waals surface area contributed by atoms with Gasteiger partial charge in [0.25, 0.3) is 0 Å².